The summed E-state index contributed by atoms with van der Waals surface area (Å²) in [5.74, 6) is -0.701. The first-order valence-electron chi connectivity index (χ1n) is 4.66. The van der Waals surface area contributed by atoms with Crippen molar-refractivity contribution < 1.29 is 8.78 Å². The van der Waals surface area contributed by atoms with E-state index in [1.807, 2.05) is 0 Å². The van der Waals surface area contributed by atoms with Crippen molar-refractivity contribution in [1.82, 2.24) is 14.8 Å². The van der Waals surface area contributed by atoms with E-state index in [9.17, 15) is 8.78 Å². The van der Waals surface area contributed by atoms with Crippen LogP contribution in [-0.2, 0) is 13.5 Å². The minimum atomic E-state index is -0.606. The van der Waals surface area contributed by atoms with Crippen molar-refractivity contribution in [3.63, 3.8) is 0 Å². The molecule has 2 rings (SSSR count). The Morgan fingerprint density at radius 3 is 2.44 bits per heavy atom. The number of nitrogen functional groups attached to an aromatic ring is 1. The molecule has 84 valence electrons. The van der Waals surface area contributed by atoms with Gasteiger partial charge in [0.25, 0.3) is 0 Å². The molecule has 0 aliphatic rings. The molecule has 0 amide bonds. The maximum Gasteiger partial charge on any atom is 0.218 e. The van der Waals surface area contributed by atoms with Crippen LogP contribution >= 0.6 is 0 Å². The second-order valence-corrected chi connectivity index (χ2v) is 3.39. The van der Waals surface area contributed by atoms with Crippen LogP contribution in [0.1, 0.15) is 11.4 Å². The molecule has 0 radical (unpaired) electrons. The molecule has 0 saturated carbocycles. The molecule has 0 atom stereocenters. The number of nitrogens with zero attached hydrogens (tertiary/aromatic N) is 3. The van der Waals surface area contributed by atoms with E-state index in [1.165, 1.54) is 22.9 Å². The van der Waals surface area contributed by atoms with Gasteiger partial charge >= 0.3 is 0 Å². The summed E-state index contributed by atoms with van der Waals surface area (Å²) in [6.45, 7) is 0. The number of aryl methyl sites for hydroxylation is 1. The lowest BCUT2D eigenvalue weighted by molar-refractivity contribution is 0.558. The summed E-state index contributed by atoms with van der Waals surface area (Å²) in [6.07, 6.45) is -0.0104. The summed E-state index contributed by atoms with van der Waals surface area (Å²) >= 11 is 0. The zero-order chi connectivity index (χ0) is 11.7. The summed E-state index contributed by atoms with van der Waals surface area (Å²) in [6, 6.07) is 3.71. The Bertz CT molecular complexity index is 482. The van der Waals surface area contributed by atoms with E-state index in [0.717, 1.165) is 0 Å². The number of hydrogen-bond donors (Lipinski definition) is 1. The molecular formula is C10H10F2N4. The van der Waals surface area contributed by atoms with E-state index >= 15 is 0 Å². The topological polar surface area (TPSA) is 56.7 Å². The van der Waals surface area contributed by atoms with E-state index in [-0.39, 0.29) is 17.9 Å². The fourth-order valence-electron chi connectivity index (χ4n) is 1.39. The van der Waals surface area contributed by atoms with Crippen molar-refractivity contribution in [2.45, 2.75) is 6.42 Å². The molecule has 2 aromatic rings. The molecule has 0 bridgehead atoms. The molecule has 0 aliphatic heterocycles. The Balaban J connectivity index is 2.33. The second-order valence-electron chi connectivity index (χ2n) is 3.39. The van der Waals surface area contributed by atoms with Crippen LogP contribution in [0.2, 0.25) is 0 Å². The smallest absolute Gasteiger partial charge is 0.218 e. The van der Waals surface area contributed by atoms with Crippen LogP contribution in [0.5, 0.6) is 0 Å². The summed E-state index contributed by atoms with van der Waals surface area (Å²) in [5.41, 5.74) is 5.42. The van der Waals surface area contributed by atoms with Crippen LogP contribution in [-0.4, -0.2) is 14.8 Å². The molecule has 1 heterocycles. The molecule has 2 N–H and O–H groups in total. The van der Waals surface area contributed by atoms with Crippen molar-refractivity contribution >= 4 is 5.95 Å². The minimum absolute atomic E-state index is 0.0104. The van der Waals surface area contributed by atoms with Crippen LogP contribution in [0.3, 0.4) is 0 Å². The largest absolute Gasteiger partial charge is 0.368 e. The van der Waals surface area contributed by atoms with Crippen molar-refractivity contribution in [2.24, 2.45) is 7.05 Å². The average molecular weight is 224 g/mol. The first-order chi connectivity index (χ1) is 7.58. The number of halogens is 2. The number of benzene rings is 1. The molecule has 1 aromatic carbocycles. The zero-order valence-electron chi connectivity index (χ0n) is 8.61. The number of anilines is 1. The van der Waals surface area contributed by atoms with Crippen LogP contribution in [0.4, 0.5) is 14.7 Å². The van der Waals surface area contributed by atoms with Gasteiger partial charge in [-0.05, 0) is 12.1 Å². The van der Waals surface area contributed by atoms with E-state index < -0.39 is 11.6 Å². The average Bonchev–Trinajstić information content (AvgIpc) is 2.53. The van der Waals surface area contributed by atoms with Gasteiger partial charge in [-0.1, -0.05) is 6.07 Å². The fourth-order valence-corrected chi connectivity index (χ4v) is 1.39. The number of aromatic nitrogens is 3. The Kier molecular flexibility index (Phi) is 2.55. The summed E-state index contributed by atoms with van der Waals surface area (Å²) < 4.78 is 28.0. The van der Waals surface area contributed by atoms with Gasteiger partial charge in [0.1, 0.15) is 11.6 Å². The third-order valence-electron chi connectivity index (χ3n) is 2.24. The first-order valence-corrected chi connectivity index (χ1v) is 4.66. The molecule has 4 nitrogen and oxygen atoms in total. The molecule has 0 aliphatic carbocycles. The Hall–Kier alpha value is -1.98. The van der Waals surface area contributed by atoms with Crippen molar-refractivity contribution in [1.29, 1.82) is 0 Å². The predicted molar refractivity (Wildman–Crippen MR) is 54.6 cm³/mol. The minimum Gasteiger partial charge on any atom is -0.368 e. The van der Waals surface area contributed by atoms with Crippen LogP contribution in [0.25, 0.3) is 0 Å². The number of hydrogen-bond acceptors (Lipinski definition) is 3. The van der Waals surface area contributed by atoms with Gasteiger partial charge in [-0.2, -0.15) is 10.1 Å². The first kappa shape index (κ1) is 10.5. The van der Waals surface area contributed by atoms with Gasteiger partial charge < -0.3 is 5.73 Å². The standard InChI is InChI=1S/C10H10F2N4/c1-16-10(13)14-9(15-16)5-6-7(11)3-2-4-8(6)12/h2-4H,5H2,1H3,(H2,13,14,15). The lowest BCUT2D eigenvalue weighted by Gasteiger charge is -2.01. The Morgan fingerprint density at radius 1 is 1.31 bits per heavy atom. The monoisotopic (exact) mass is 224 g/mol. The van der Waals surface area contributed by atoms with Crippen molar-refractivity contribution in [3.8, 4) is 0 Å². The Labute approximate surface area is 90.7 Å². The molecule has 0 spiro atoms. The lowest BCUT2D eigenvalue weighted by Crippen LogP contribution is -1.99. The highest BCUT2D eigenvalue weighted by molar-refractivity contribution is 5.25. The maximum absolute atomic E-state index is 13.3. The molecule has 0 fully saturated rings. The molecule has 0 saturated heterocycles. The van der Waals surface area contributed by atoms with Gasteiger partial charge in [-0.25, -0.2) is 13.5 Å². The van der Waals surface area contributed by atoms with Crippen LogP contribution in [0, 0.1) is 11.6 Å². The summed E-state index contributed by atoms with van der Waals surface area (Å²) in [5, 5.41) is 3.93. The van der Waals surface area contributed by atoms with E-state index in [1.54, 1.807) is 7.05 Å². The van der Waals surface area contributed by atoms with E-state index in [2.05, 4.69) is 10.1 Å². The third kappa shape index (κ3) is 1.86. The van der Waals surface area contributed by atoms with Gasteiger partial charge in [0.2, 0.25) is 5.95 Å². The van der Waals surface area contributed by atoms with Gasteiger partial charge in [0, 0.05) is 19.0 Å². The highest BCUT2D eigenvalue weighted by Gasteiger charge is 2.12. The quantitative estimate of drug-likeness (QED) is 0.835. The molecule has 6 heteroatoms. The van der Waals surface area contributed by atoms with Gasteiger partial charge in [-0.15, -0.1) is 0 Å². The fraction of sp³-hybridized carbons (Fsp3) is 0.200. The van der Waals surface area contributed by atoms with E-state index in [4.69, 9.17) is 5.73 Å². The highest BCUT2D eigenvalue weighted by atomic mass is 19.1. The summed E-state index contributed by atoms with van der Waals surface area (Å²) in [7, 11) is 1.61. The van der Waals surface area contributed by atoms with E-state index in [0.29, 0.717) is 5.82 Å². The molecular weight excluding hydrogens is 214 g/mol. The maximum atomic E-state index is 13.3. The van der Waals surface area contributed by atoms with Crippen molar-refractivity contribution in [2.75, 3.05) is 5.73 Å². The number of nitrogens with two attached hydrogens (primary N) is 1. The predicted octanol–water partition coefficient (Wildman–Crippen LogP) is 1.27. The van der Waals surface area contributed by atoms with Gasteiger partial charge in [0.15, 0.2) is 5.82 Å². The van der Waals surface area contributed by atoms with Crippen LogP contribution < -0.4 is 5.73 Å². The molecule has 16 heavy (non-hydrogen) atoms. The molecule has 1 aromatic heterocycles. The van der Waals surface area contributed by atoms with Gasteiger partial charge in [-0.3, -0.25) is 0 Å². The van der Waals surface area contributed by atoms with Crippen molar-refractivity contribution in [3.05, 3.63) is 41.2 Å². The normalized spacial score (nSPS) is 10.7. The number of rotatable bonds is 2. The van der Waals surface area contributed by atoms with Gasteiger partial charge in [0.05, 0.1) is 0 Å². The second kappa shape index (κ2) is 3.88. The Morgan fingerprint density at radius 2 is 1.94 bits per heavy atom. The SMILES string of the molecule is Cn1nc(Cc2c(F)cccc2F)nc1N. The zero-order valence-corrected chi connectivity index (χ0v) is 8.61. The third-order valence-corrected chi connectivity index (χ3v) is 2.24. The highest BCUT2D eigenvalue weighted by Crippen LogP contribution is 2.15. The summed E-state index contributed by atoms with van der Waals surface area (Å²) in [4.78, 5) is 3.88. The molecule has 0 unspecified atom stereocenters. The van der Waals surface area contributed by atoms with Crippen LogP contribution in [0.15, 0.2) is 18.2 Å². The lowest BCUT2D eigenvalue weighted by atomic mass is 10.1.